The molecular formula is C22H14Cl2FNO2. The van der Waals surface area contributed by atoms with Gasteiger partial charge in [0, 0.05) is 22.3 Å². The van der Waals surface area contributed by atoms with Gasteiger partial charge in [-0.05, 0) is 35.7 Å². The molecule has 0 atom stereocenters. The van der Waals surface area contributed by atoms with Crippen molar-refractivity contribution in [3.63, 3.8) is 0 Å². The first kappa shape index (κ1) is 18.8. The minimum atomic E-state index is -0.403. The Balaban J connectivity index is 2.14. The molecule has 28 heavy (non-hydrogen) atoms. The summed E-state index contributed by atoms with van der Waals surface area (Å²) in [6.07, 6.45) is 0.706. The van der Waals surface area contributed by atoms with E-state index in [-0.39, 0.29) is 16.7 Å². The zero-order valence-corrected chi connectivity index (χ0v) is 16.5. The highest BCUT2D eigenvalue weighted by Crippen LogP contribution is 2.45. The van der Waals surface area contributed by atoms with Gasteiger partial charge in [-0.25, -0.2) is 4.39 Å². The van der Waals surface area contributed by atoms with Crippen molar-refractivity contribution in [2.45, 2.75) is 19.8 Å². The quantitative estimate of drug-likeness (QED) is 0.368. The summed E-state index contributed by atoms with van der Waals surface area (Å²) >= 11 is 12.3. The Labute approximate surface area is 171 Å². The Morgan fingerprint density at radius 1 is 1.00 bits per heavy atom. The summed E-state index contributed by atoms with van der Waals surface area (Å²) in [5.41, 5.74) is 3.67. The lowest BCUT2D eigenvalue weighted by molar-refractivity contribution is 0.104. The molecule has 0 spiro atoms. The normalized spacial score (nSPS) is 12.3. The van der Waals surface area contributed by atoms with E-state index < -0.39 is 5.82 Å². The molecule has 0 radical (unpaired) electrons. The Hall–Kier alpha value is -2.56. The van der Waals surface area contributed by atoms with Crippen LogP contribution in [0.25, 0.3) is 22.4 Å². The third-order valence-corrected chi connectivity index (χ3v) is 5.57. The van der Waals surface area contributed by atoms with Crippen molar-refractivity contribution < 1.29 is 14.0 Å². The summed E-state index contributed by atoms with van der Waals surface area (Å²) in [5, 5.41) is 0.585. The molecule has 1 heterocycles. The first-order valence-corrected chi connectivity index (χ1v) is 9.42. The number of fused-ring (bicyclic) bond motifs is 3. The summed E-state index contributed by atoms with van der Waals surface area (Å²) in [6, 6.07) is 8.84. The van der Waals surface area contributed by atoms with Crippen LogP contribution < -0.4 is 0 Å². The summed E-state index contributed by atoms with van der Waals surface area (Å²) < 4.78 is 13.5. The second-order valence-corrected chi connectivity index (χ2v) is 7.74. The maximum atomic E-state index is 13.5. The zero-order chi connectivity index (χ0) is 20.2. The molecule has 0 fully saturated rings. The van der Waals surface area contributed by atoms with Gasteiger partial charge in [0.2, 0.25) is 0 Å². The smallest absolute Gasteiger partial charge is 0.196 e. The number of hydrogen-bond donors (Lipinski definition) is 0. The fourth-order valence-corrected chi connectivity index (χ4v) is 3.90. The highest BCUT2D eigenvalue weighted by molar-refractivity contribution is 6.43. The third kappa shape index (κ3) is 2.76. The Morgan fingerprint density at radius 3 is 2.18 bits per heavy atom. The monoisotopic (exact) mass is 413 g/mol. The summed E-state index contributed by atoms with van der Waals surface area (Å²) in [5.74, 6) is -0.750. The van der Waals surface area contributed by atoms with E-state index in [0.29, 0.717) is 56.1 Å². The lowest BCUT2D eigenvalue weighted by Gasteiger charge is -2.17. The summed E-state index contributed by atoms with van der Waals surface area (Å²) in [7, 11) is 0. The Bertz CT molecular complexity index is 1150. The van der Waals surface area contributed by atoms with Crippen LogP contribution in [0.4, 0.5) is 4.39 Å². The Kier molecular flexibility index (Phi) is 4.56. The van der Waals surface area contributed by atoms with E-state index in [1.54, 1.807) is 18.2 Å². The summed E-state index contributed by atoms with van der Waals surface area (Å²) in [4.78, 5) is 29.9. The van der Waals surface area contributed by atoms with Crippen LogP contribution in [0.5, 0.6) is 0 Å². The fourth-order valence-electron chi connectivity index (χ4n) is 3.57. The number of ketones is 1. The van der Waals surface area contributed by atoms with Gasteiger partial charge in [0.25, 0.3) is 0 Å². The van der Waals surface area contributed by atoms with E-state index in [1.165, 1.54) is 18.2 Å². The molecule has 3 nitrogen and oxygen atoms in total. The van der Waals surface area contributed by atoms with Crippen molar-refractivity contribution in [1.29, 1.82) is 0 Å². The lowest BCUT2D eigenvalue weighted by Crippen LogP contribution is -2.08. The molecule has 4 rings (SSSR count). The van der Waals surface area contributed by atoms with Crippen LogP contribution in [0.3, 0.4) is 0 Å². The molecule has 0 aliphatic heterocycles. The fraction of sp³-hybridized carbons (Fsp3) is 0.136. The van der Waals surface area contributed by atoms with Crippen molar-refractivity contribution in [2.24, 2.45) is 0 Å². The number of aromatic nitrogens is 1. The number of aldehydes is 1. The van der Waals surface area contributed by atoms with Crippen LogP contribution >= 0.6 is 23.2 Å². The van der Waals surface area contributed by atoms with E-state index in [1.807, 2.05) is 13.8 Å². The molecule has 0 bridgehead atoms. The van der Waals surface area contributed by atoms with E-state index in [2.05, 4.69) is 4.98 Å². The number of rotatable bonds is 3. The van der Waals surface area contributed by atoms with Crippen LogP contribution in [-0.2, 0) is 0 Å². The van der Waals surface area contributed by atoms with E-state index in [4.69, 9.17) is 23.2 Å². The predicted octanol–water partition coefficient (Wildman–Crippen LogP) is 6.34. The van der Waals surface area contributed by atoms with Crippen LogP contribution in [0.1, 0.15) is 51.7 Å². The number of halogens is 3. The van der Waals surface area contributed by atoms with Crippen molar-refractivity contribution in [3.8, 4) is 22.4 Å². The second kappa shape index (κ2) is 6.80. The molecule has 0 saturated carbocycles. The van der Waals surface area contributed by atoms with E-state index in [9.17, 15) is 14.0 Å². The average Bonchev–Trinajstić information content (AvgIpc) is 2.93. The topological polar surface area (TPSA) is 47.0 Å². The maximum absolute atomic E-state index is 13.5. The van der Waals surface area contributed by atoms with Gasteiger partial charge >= 0.3 is 0 Å². The zero-order valence-electron chi connectivity index (χ0n) is 15.0. The number of pyridine rings is 1. The number of hydrogen-bond acceptors (Lipinski definition) is 3. The van der Waals surface area contributed by atoms with Crippen molar-refractivity contribution in [3.05, 3.63) is 74.6 Å². The number of nitrogens with zero attached hydrogens (tertiary/aromatic N) is 1. The molecule has 3 aromatic rings. The molecule has 0 unspecified atom stereocenters. The average molecular weight is 414 g/mol. The van der Waals surface area contributed by atoms with Crippen LogP contribution in [0.15, 0.2) is 36.4 Å². The largest absolute Gasteiger partial charge is 0.298 e. The molecule has 0 N–H and O–H groups in total. The van der Waals surface area contributed by atoms with Gasteiger partial charge in [-0.1, -0.05) is 49.2 Å². The molecule has 0 amide bonds. The predicted molar refractivity (Wildman–Crippen MR) is 108 cm³/mol. The van der Waals surface area contributed by atoms with Gasteiger partial charge in [-0.2, -0.15) is 0 Å². The molecule has 6 heteroatoms. The van der Waals surface area contributed by atoms with Crippen LogP contribution in [0.2, 0.25) is 10.0 Å². The van der Waals surface area contributed by atoms with E-state index in [0.717, 1.165) is 0 Å². The van der Waals surface area contributed by atoms with Crippen LogP contribution in [0, 0.1) is 5.82 Å². The standard InChI is InChI=1S/C22H14Cl2FNO2/c1-10(2)20-15(9-27)18(11-3-5-12(25)6-4-11)19-21(26-20)13-7-16(23)17(24)8-14(13)22(19)28/h3-10H,1-2H3. The van der Waals surface area contributed by atoms with Gasteiger partial charge in [-0.15, -0.1) is 0 Å². The number of benzene rings is 2. The Morgan fingerprint density at radius 2 is 1.61 bits per heavy atom. The number of carbonyl (C=O) groups excluding carboxylic acids is 2. The van der Waals surface area contributed by atoms with Gasteiger partial charge in [0.15, 0.2) is 12.1 Å². The molecular weight excluding hydrogens is 400 g/mol. The highest BCUT2D eigenvalue weighted by atomic mass is 35.5. The van der Waals surface area contributed by atoms with Crippen LogP contribution in [-0.4, -0.2) is 17.1 Å². The number of carbonyl (C=O) groups is 2. The van der Waals surface area contributed by atoms with Crippen molar-refractivity contribution in [1.82, 2.24) is 4.98 Å². The molecule has 1 aliphatic carbocycles. The van der Waals surface area contributed by atoms with Crippen molar-refractivity contribution >= 4 is 35.3 Å². The van der Waals surface area contributed by atoms with Gasteiger partial charge in [0.1, 0.15) is 5.82 Å². The van der Waals surface area contributed by atoms with Gasteiger partial charge in [-0.3, -0.25) is 14.6 Å². The SMILES string of the molecule is CC(C)c1nc2c(c(-c3ccc(F)cc3)c1C=O)C(=O)c1cc(Cl)c(Cl)cc1-2. The minimum absolute atomic E-state index is 0.0633. The summed E-state index contributed by atoms with van der Waals surface area (Å²) in [6.45, 7) is 3.84. The molecule has 1 aromatic heterocycles. The first-order chi connectivity index (χ1) is 13.3. The second-order valence-electron chi connectivity index (χ2n) is 6.93. The highest BCUT2D eigenvalue weighted by Gasteiger charge is 2.35. The van der Waals surface area contributed by atoms with Crippen molar-refractivity contribution in [2.75, 3.05) is 0 Å². The third-order valence-electron chi connectivity index (χ3n) is 4.85. The van der Waals surface area contributed by atoms with E-state index >= 15 is 0 Å². The lowest BCUT2D eigenvalue weighted by atomic mass is 9.89. The minimum Gasteiger partial charge on any atom is -0.298 e. The molecule has 2 aromatic carbocycles. The van der Waals surface area contributed by atoms with Gasteiger partial charge in [0.05, 0.1) is 27.0 Å². The molecule has 0 saturated heterocycles. The molecule has 1 aliphatic rings. The maximum Gasteiger partial charge on any atom is 0.196 e. The van der Waals surface area contributed by atoms with Gasteiger partial charge < -0.3 is 0 Å². The first-order valence-electron chi connectivity index (χ1n) is 8.66. The molecule has 140 valence electrons.